The van der Waals surface area contributed by atoms with Crippen molar-refractivity contribution in [2.45, 2.75) is 38.5 Å². The Kier molecular flexibility index (Phi) is 4.05. The fourth-order valence-electron chi connectivity index (χ4n) is 2.92. The van der Waals surface area contributed by atoms with Crippen LogP contribution in [0.3, 0.4) is 0 Å². The summed E-state index contributed by atoms with van der Waals surface area (Å²) in [7, 11) is 0. The van der Waals surface area contributed by atoms with Crippen molar-refractivity contribution in [3.8, 4) is 0 Å². The minimum Gasteiger partial charge on any atom is -0.381 e. The number of aromatic nitrogens is 1. The Morgan fingerprint density at radius 2 is 2.10 bits per heavy atom. The molecule has 1 aliphatic heterocycles. The molecule has 6 heteroatoms. The Balaban J connectivity index is 1.73. The molecular weight excluding hydrogens is 274 g/mol. The molecule has 20 heavy (non-hydrogen) atoms. The third-order valence-electron chi connectivity index (χ3n) is 4.39. The van der Waals surface area contributed by atoms with Crippen LogP contribution in [0.4, 0.5) is 5.13 Å². The van der Waals surface area contributed by atoms with E-state index in [0.717, 1.165) is 18.0 Å². The summed E-state index contributed by atoms with van der Waals surface area (Å²) in [6, 6.07) is 0. The van der Waals surface area contributed by atoms with E-state index in [1.54, 1.807) is 11.3 Å². The predicted octanol–water partition coefficient (Wildman–Crippen LogP) is 1.72. The van der Waals surface area contributed by atoms with Crippen molar-refractivity contribution in [2.24, 2.45) is 11.1 Å². The van der Waals surface area contributed by atoms with E-state index in [9.17, 15) is 4.79 Å². The topological polar surface area (TPSA) is 77.2 Å². The van der Waals surface area contributed by atoms with Crippen molar-refractivity contribution in [3.05, 3.63) is 10.6 Å². The van der Waals surface area contributed by atoms with Gasteiger partial charge in [-0.05, 0) is 38.5 Å². The van der Waals surface area contributed by atoms with Crippen LogP contribution in [0.25, 0.3) is 0 Å². The largest absolute Gasteiger partial charge is 0.381 e. The lowest BCUT2D eigenvalue weighted by Gasteiger charge is -2.34. The number of nitrogens with zero attached hydrogens (tertiary/aromatic N) is 1. The van der Waals surface area contributed by atoms with Crippen molar-refractivity contribution >= 4 is 22.4 Å². The Labute approximate surface area is 122 Å². The fourth-order valence-corrected chi connectivity index (χ4v) is 3.97. The molecule has 110 valence electrons. The average molecular weight is 295 g/mol. The van der Waals surface area contributed by atoms with Crippen molar-refractivity contribution in [1.82, 2.24) is 4.98 Å². The van der Waals surface area contributed by atoms with Crippen LogP contribution in [0.5, 0.6) is 0 Å². The number of thiazole rings is 1. The highest BCUT2D eigenvalue weighted by Crippen LogP contribution is 2.33. The molecule has 0 atom stereocenters. The van der Waals surface area contributed by atoms with Gasteiger partial charge in [-0.1, -0.05) is 0 Å². The summed E-state index contributed by atoms with van der Waals surface area (Å²) in [5.74, 6) is 0.00870. The molecule has 2 aliphatic rings. The van der Waals surface area contributed by atoms with Gasteiger partial charge in [0.2, 0.25) is 5.91 Å². The van der Waals surface area contributed by atoms with Gasteiger partial charge < -0.3 is 15.8 Å². The third-order valence-corrected chi connectivity index (χ3v) is 5.46. The van der Waals surface area contributed by atoms with Gasteiger partial charge in [0, 0.05) is 24.6 Å². The average Bonchev–Trinajstić information content (AvgIpc) is 2.90. The predicted molar refractivity (Wildman–Crippen MR) is 78.9 cm³/mol. The number of rotatable bonds is 3. The lowest BCUT2D eigenvalue weighted by atomic mass is 9.79. The van der Waals surface area contributed by atoms with Crippen LogP contribution < -0.4 is 11.1 Å². The van der Waals surface area contributed by atoms with Gasteiger partial charge >= 0.3 is 0 Å². The number of hydrogen-bond donors (Lipinski definition) is 2. The molecule has 1 aliphatic carbocycles. The molecule has 3 rings (SSSR count). The molecule has 2 heterocycles. The Morgan fingerprint density at radius 3 is 2.80 bits per heavy atom. The van der Waals surface area contributed by atoms with E-state index in [-0.39, 0.29) is 5.91 Å². The van der Waals surface area contributed by atoms with Gasteiger partial charge in [-0.2, -0.15) is 0 Å². The first-order chi connectivity index (χ1) is 9.73. The number of nitrogens with one attached hydrogen (secondary N) is 1. The summed E-state index contributed by atoms with van der Waals surface area (Å²) in [4.78, 5) is 18.5. The summed E-state index contributed by atoms with van der Waals surface area (Å²) < 4.78 is 5.34. The SMILES string of the molecule is NCC1(C(=O)Nc2nc3c(s2)CCCC3)CCOCC1. The second-order valence-corrected chi connectivity index (χ2v) is 6.73. The number of carbonyl (C=O) groups excluding carboxylic acids is 1. The number of aryl methyl sites for hydroxylation is 2. The third kappa shape index (κ3) is 2.60. The van der Waals surface area contributed by atoms with Crippen LogP contribution in [0.15, 0.2) is 0 Å². The number of anilines is 1. The Hall–Kier alpha value is -0.980. The van der Waals surface area contributed by atoms with Gasteiger partial charge in [0.25, 0.3) is 0 Å². The monoisotopic (exact) mass is 295 g/mol. The van der Waals surface area contributed by atoms with Gasteiger partial charge in [-0.15, -0.1) is 11.3 Å². The number of carbonyl (C=O) groups is 1. The van der Waals surface area contributed by atoms with Gasteiger partial charge in [-0.3, -0.25) is 4.79 Å². The van der Waals surface area contributed by atoms with Gasteiger partial charge in [0.1, 0.15) is 0 Å². The minimum atomic E-state index is -0.482. The molecule has 5 nitrogen and oxygen atoms in total. The van der Waals surface area contributed by atoms with Gasteiger partial charge in [0.15, 0.2) is 5.13 Å². The highest BCUT2D eigenvalue weighted by atomic mass is 32.1. The van der Waals surface area contributed by atoms with E-state index in [0.29, 0.717) is 32.6 Å². The zero-order chi connectivity index (χ0) is 14.0. The second kappa shape index (κ2) is 5.79. The summed E-state index contributed by atoms with van der Waals surface area (Å²) in [6.07, 6.45) is 5.96. The standard InChI is InChI=1S/C14H21N3O2S/c15-9-14(5-7-19-8-6-14)12(18)17-13-16-10-3-1-2-4-11(10)20-13/h1-9,15H2,(H,16,17,18). The molecule has 1 saturated heterocycles. The fraction of sp³-hybridized carbons (Fsp3) is 0.714. The zero-order valence-electron chi connectivity index (χ0n) is 11.6. The number of ether oxygens (including phenoxy) is 1. The maximum absolute atomic E-state index is 12.6. The van der Waals surface area contributed by atoms with E-state index in [4.69, 9.17) is 10.5 Å². The molecule has 1 aromatic heterocycles. The zero-order valence-corrected chi connectivity index (χ0v) is 12.4. The van der Waals surface area contributed by atoms with Crippen LogP contribution in [-0.2, 0) is 22.4 Å². The molecule has 1 amide bonds. The molecule has 0 bridgehead atoms. The first kappa shape index (κ1) is 14.0. The number of fused-ring (bicyclic) bond motifs is 1. The van der Waals surface area contributed by atoms with E-state index in [1.807, 2.05) is 0 Å². The van der Waals surface area contributed by atoms with Gasteiger partial charge in [-0.25, -0.2) is 4.98 Å². The smallest absolute Gasteiger partial charge is 0.233 e. The first-order valence-electron chi connectivity index (χ1n) is 7.31. The van der Waals surface area contributed by atoms with Crippen LogP contribution in [0, 0.1) is 5.41 Å². The number of amides is 1. The summed E-state index contributed by atoms with van der Waals surface area (Å²) in [6.45, 7) is 1.59. The normalized spacial score (nSPS) is 21.2. The molecule has 0 saturated carbocycles. The van der Waals surface area contributed by atoms with E-state index >= 15 is 0 Å². The van der Waals surface area contributed by atoms with E-state index in [1.165, 1.54) is 23.4 Å². The molecule has 0 unspecified atom stereocenters. The summed E-state index contributed by atoms with van der Waals surface area (Å²) >= 11 is 1.62. The molecular formula is C14H21N3O2S. The van der Waals surface area contributed by atoms with Crippen LogP contribution in [0.2, 0.25) is 0 Å². The lowest BCUT2D eigenvalue weighted by molar-refractivity contribution is -0.130. The maximum atomic E-state index is 12.6. The summed E-state index contributed by atoms with van der Waals surface area (Å²) in [5.41, 5.74) is 6.55. The van der Waals surface area contributed by atoms with Crippen molar-refractivity contribution in [3.63, 3.8) is 0 Å². The van der Waals surface area contributed by atoms with Crippen LogP contribution >= 0.6 is 11.3 Å². The minimum absolute atomic E-state index is 0.00870. The lowest BCUT2D eigenvalue weighted by Crippen LogP contribution is -2.46. The van der Waals surface area contributed by atoms with Crippen molar-refractivity contribution < 1.29 is 9.53 Å². The Bertz CT molecular complexity index is 471. The van der Waals surface area contributed by atoms with Crippen LogP contribution in [-0.4, -0.2) is 30.6 Å². The maximum Gasteiger partial charge on any atom is 0.233 e. The number of hydrogen-bond acceptors (Lipinski definition) is 5. The molecule has 0 spiro atoms. The molecule has 3 N–H and O–H groups in total. The Morgan fingerprint density at radius 1 is 1.35 bits per heavy atom. The first-order valence-corrected chi connectivity index (χ1v) is 8.13. The van der Waals surface area contributed by atoms with Gasteiger partial charge in [0.05, 0.1) is 11.1 Å². The molecule has 1 aromatic rings. The molecule has 0 radical (unpaired) electrons. The van der Waals surface area contributed by atoms with Crippen molar-refractivity contribution in [1.29, 1.82) is 0 Å². The molecule has 1 fully saturated rings. The van der Waals surface area contributed by atoms with Crippen LogP contribution in [0.1, 0.15) is 36.3 Å². The highest BCUT2D eigenvalue weighted by molar-refractivity contribution is 7.15. The highest BCUT2D eigenvalue weighted by Gasteiger charge is 2.39. The second-order valence-electron chi connectivity index (χ2n) is 5.65. The molecule has 0 aromatic carbocycles. The number of nitrogens with two attached hydrogens (primary N) is 1. The quantitative estimate of drug-likeness (QED) is 0.890. The summed E-state index contributed by atoms with van der Waals surface area (Å²) in [5, 5.41) is 3.73. The van der Waals surface area contributed by atoms with Crippen molar-refractivity contribution in [2.75, 3.05) is 25.1 Å². The van der Waals surface area contributed by atoms with E-state index < -0.39 is 5.41 Å². The van der Waals surface area contributed by atoms with E-state index in [2.05, 4.69) is 10.3 Å².